The third-order valence-electron chi connectivity index (χ3n) is 3.60. The maximum Gasteiger partial charge on any atom is 0.123 e. The summed E-state index contributed by atoms with van der Waals surface area (Å²) in [4.78, 5) is 1.35. The number of hydrogen-bond acceptors (Lipinski definition) is 2. The van der Waals surface area contributed by atoms with E-state index >= 15 is 0 Å². The third-order valence-corrected chi connectivity index (χ3v) is 4.66. The van der Waals surface area contributed by atoms with Gasteiger partial charge in [-0.1, -0.05) is 12.1 Å². The van der Waals surface area contributed by atoms with E-state index in [-0.39, 0.29) is 5.82 Å². The Hall–Kier alpha value is -1.19. The van der Waals surface area contributed by atoms with Gasteiger partial charge in [0, 0.05) is 17.0 Å². The highest BCUT2D eigenvalue weighted by Crippen LogP contribution is 2.33. The molecule has 1 nitrogen and oxygen atoms in total. The lowest BCUT2D eigenvalue weighted by Gasteiger charge is -2.19. The van der Waals surface area contributed by atoms with E-state index in [9.17, 15) is 4.39 Å². The molecule has 1 aromatic heterocycles. The van der Waals surface area contributed by atoms with Gasteiger partial charge in [0.1, 0.15) is 5.82 Å². The molecule has 1 aliphatic carbocycles. The van der Waals surface area contributed by atoms with Gasteiger partial charge in [0.15, 0.2) is 0 Å². The third kappa shape index (κ3) is 2.20. The predicted molar refractivity (Wildman–Crippen MR) is 73.3 cm³/mol. The molecular formula is C15H16FNS. The molecule has 1 unspecified atom stereocenters. The molecule has 0 bridgehead atoms. The van der Waals surface area contributed by atoms with Crippen molar-refractivity contribution in [1.82, 2.24) is 5.32 Å². The summed E-state index contributed by atoms with van der Waals surface area (Å²) in [7, 11) is 0. The monoisotopic (exact) mass is 261 g/mol. The zero-order valence-corrected chi connectivity index (χ0v) is 11.1. The minimum Gasteiger partial charge on any atom is -0.303 e. The van der Waals surface area contributed by atoms with Crippen LogP contribution in [0.25, 0.3) is 0 Å². The number of benzene rings is 1. The number of rotatable bonds is 3. The highest BCUT2D eigenvalue weighted by Gasteiger charge is 2.24. The van der Waals surface area contributed by atoms with E-state index in [2.05, 4.69) is 29.8 Å². The summed E-state index contributed by atoms with van der Waals surface area (Å²) >= 11 is 1.78. The number of hydrogen-bond donors (Lipinski definition) is 1. The summed E-state index contributed by atoms with van der Waals surface area (Å²) in [6.45, 7) is 2.19. The number of fused-ring (bicyclic) bond motifs is 1. The second-order valence-electron chi connectivity index (χ2n) is 4.84. The Morgan fingerprint density at radius 1 is 1.39 bits per heavy atom. The van der Waals surface area contributed by atoms with Crippen LogP contribution in [0.1, 0.15) is 41.4 Å². The molecule has 0 saturated heterocycles. The van der Waals surface area contributed by atoms with Crippen molar-refractivity contribution in [2.45, 2.75) is 31.8 Å². The minimum absolute atomic E-state index is 0.124. The summed E-state index contributed by atoms with van der Waals surface area (Å²) in [5, 5.41) is 5.75. The molecule has 94 valence electrons. The van der Waals surface area contributed by atoms with E-state index in [1.165, 1.54) is 10.4 Å². The Kier molecular flexibility index (Phi) is 3.18. The number of thiophene rings is 1. The van der Waals surface area contributed by atoms with Crippen LogP contribution in [0.3, 0.4) is 0 Å². The van der Waals surface area contributed by atoms with Crippen molar-refractivity contribution < 1.29 is 4.39 Å². The maximum atomic E-state index is 13.2. The standard InChI is InChI=1S/C15H16FNS/c1-10(15-3-2-8-18-15)17-14-7-4-11-9-12(16)5-6-13(11)14/h2-3,5-6,8-10,14,17H,4,7H2,1H3/t10-,14?/m1/s1. The van der Waals surface area contributed by atoms with Crippen molar-refractivity contribution in [3.05, 3.63) is 57.5 Å². The maximum absolute atomic E-state index is 13.2. The first-order valence-electron chi connectivity index (χ1n) is 6.32. The molecule has 0 saturated carbocycles. The van der Waals surface area contributed by atoms with Crippen LogP contribution in [0.15, 0.2) is 35.7 Å². The molecule has 0 fully saturated rings. The zero-order chi connectivity index (χ0) is 12.5. The molecule has 1 heterocycles. The second-order valence-corrected chi connectivity index (χ2v) is 5.82. The molecule has 0 aliphatic heterocycles. The first-order chi connectivity index (χ1) is 8.74. The van der Waals surface area contributed by atoms with Crippen molar-refractivity contribution in [2.24, 2.45) is 0 Å². The average molecular weight is 261 g/mol. The van der Waals surface area contributed by atoms with E-state index in [1.54, 1.807) is 23.5 Å². The molecule has 1 aliphatic rings. The van der Waals surface area contributed by atoms with E-state index < -0.39 is 0 Å². The topological polar surface area (TPSA) is 12.0 Å². The van der Waals surface area contributed by atoms with Crippen LogP contribution in [-0.4, -0.2) is 0 Å². The number of nitrogens with one attached hydrogen (secondary N) is 1. The lowest BCUT2D eigenvalue weighted by atomic mass is 10.1. The van der Waals surface area contributed by atoms with Crippen LogP contribution in [0.5, 0.6) is 0 Å². The molecule has 18 heavy (non-hydrogen) atoms. The Morgan fingerprint density at radius 3 is 3.06 bits per heavy atom. The average Bonchev–Trinajstić information content (AvgIpc) is 2.98. The fraction of sp³-hybridized carbons (Fsp3) is 0.333. The zero-order valence-electron chi connectivity index (χ0n) is 10.3. The molecule has 1 N–H and O–H groups in total. The molecule has 0 spiro atoms. The molecule has 0 amide bonds. The van der Waals surface area contributed by atoms with Crippen LogP contribution < -0.4 is 5.32 Å². The number of aryl methyl sites for hydroxylation is 1. The summed E-state index contributed by atoms with van der Waals surface area (Å²) in [5.41, 5.74) is 2.42. The minimum atomic E-state index is -0.124. The summed E-state index contributed by atoms with van der Waals surface area (Å²) in [5.74, 6) is -0.124. The Labute approximate surface area is 111 Å². The van der Waals surface area contributed by atoms with Crippen LogP contribution in [0, 0.1) is 5.82 Å². The highest BCUT2D eigenvalue weighted by atomic mass is 32.1. The summed E-state index contributed by atoms with van der Waals surface area (Å²) in [6, 6.07) is 10.1. The van der Waals surface area contributed by atoms with Gasteiger partial charge in [-0.05, 0) is 54.5 Å². The molecule has 3 heteroatoms. The van der Waals surface area contributed by atoms with E-state index in [4.69, 9.17) is 0 Å². The fourth-order valence-electron chi connectivity index (χ4n) is 2.68. The van der Waals surface area contributed by atoms with E-state index in [0.717, 1.165) is 18.4 Å². The lowest BCUT2D eigenvalue weighted by molar-refractivity contribution is 0.469. The lowest BCUT2D eigenvalue weighted by Crippen LogP contribution is -2.22. The first-order valence-corrected chi connectivity index (χ1v) is 7.20. The van der Waals surface area contributed by atoms with Gasteiger partial charge >= 0.3 is 0 Å². The molecule has 2 atom stereocenters. The first kappa shape index (κ1) is 11.9. The van der Waals surface area contributed by atoms with Gasteiger partial charge in [-0.15, -0.1) is 11.3 Å². The quantitative estimate of drug-likeness (QED) is 0.872. The van der Waals surface area contributed by atoms with E-state index in [0.29, 0.717) is 12.1 Å². The smallest absolute Gasteiger partial charge is 0.123 e. The van der Waals surface area contributed by atoms with Gasteiger partial charge in [-0.25, -0.2) is 4.39 Å². The molecular weight excluding hydrogens is 245 g/mol. The predicted octanol–water partition coefficient (Wildman–Crippen LogP) is 4.23. The van der Waals surface area contributed by atoms with Gasteiger partial charge in [0.2, 0.25) is 0 Å². The van der Waals surface area contributed by atoms with Crippen LogP contribution in [-0.2, 0) is 6.42 Å². The van der Waals surface area contributed by atoms with Gasteiger partial charge in [-0.3, -0.25) is 0 Å². The molecule has 3 rings (SSSR count). The van der Waals surface area contributed by atoms with Crippen molar-refractivity contribution in [3.8, 4) is 0 Å². The van der Waals surface area contributed by atoms with Gasteiger partial charge in [0.25, 0.3) is 0 Å². The molecule has 0 radical (unpaired) electrons. The van der Waals surface area contributed by atoms with Gasteiger partial charge < -0.3 is 5.32 Å². The van der Waals surface area contributed by atoms with Crippen LogP contribution >= 0.6 is 11.3 Å². The SMILES string of the molecule is C[C@@H](NC1CCc2cc(F)ccc21)c1cccs1. The normalized spacial score (nSPS) is 19.8. The Bertz CT molecular complexity index is 535. The Balaban J connectivity index is 1.77. The van der Waals surface area contributed by atoms with Crippen molar-refractivity contribution in [2.75, 3.05) is 0 Å². The van der Waals surface area contributed by atoms with Crippen LogP contribution in [0.2, 0.25) is 0 Å². The molecule has 2 aromatic rings. The largest absolute Gasteiger partial charge is 0.303 e. The summed E-state index contributed by atoms with van der Waals surface area (Å²) in [6.07, 6.45) is 2.04. The second kappa shape index (κ2) is 4.82. The van der Waals surface area contributed by atoms with Gasteiger partial charge in [0.05, 0.1) is 0 Å². The van der Waals surface area contributed by atoms with Crippen LogP contribution in [0.4, 0.5) is 4.39 Å². The Morgan fingerprint density at radius 2 is 2.28 bits per heavy atom. The van der Waals surface area contributed by atoms with Crippen molar-refractivity contribution >= 4 is 11.3 Å². The van der Waals surface area contributed by atoms with Crippen molar-refractivity contribution in [1.29, 1.82) is 0 Å². The highest BCUT2D eigenvalue weighted by molar-refractivity contribution is 7.10. The summed E-state index contributed by atoms with van der Waals surface area (Å²) < 4.78 is 13.2. The fourth-order valence-corrected chi connectivity index (χ4v) is 3.42. The van der Waals surface area contributed by atoms with E-state index in [1.807, 2.05) is 6.07 Å². The van der Waals surface area contributed by atoms with Crippen molar-refractivity contribution in [3.63, 3.8) is 0 Å². The van der Waals surface area contributed by atoms with Gasteiger partial charge in [-0.2, -0.15) is 0 Å². The molecule has 1 aromatic carbocycles. The number of halogens is 1.